The van der Waals surface area contributed by atoms with Gasteiger partial charge in [0, 0.05) is 11.6 Å². The van der Waals surface area contributed by atoms with Crippen LogP contribution in [-0.4, -0.2) is 25.5 Å². The lowest BCUT2D eigenvalue weighted by Gasteiger charge is -2.16. The number of sulfonamides is 1. The van der Waals surface area contributed by atoms with E-state index in [1.165, 1.54) is 6.92 Å². The molecule has 0 aliphatic heterocycles. The lowest BCUT2D eigenvalue weighted by Crippen LogP contribution is -2.34. The van der Waals surface area contributed by atoms with Crippen LogP contribution in [0.1, 0.15) is 42.6 Å². The van der Waals surface area contributed by atoms with Gasteiger partial charge in [0.2, 0.25) is 10.0 Å². The van der Waals surface area contributed by atoms with E-state index >= 15 is 0 Å². The van der Waals surface area contributed by atoms with E-state index < -0.39 is 27.4 Å². The Morgan fingerprint density at radius 2 is 1.90 bits per heavy atom. The summed E-state index contributed by atoms with van der Waals surface area (Å²) in [6, 6.07) is 1.52. The van der Waals surface area contributed by atoms with Crippen molar-refractivity contribution in [2.24, 2.45) is 0 Å². The summed E-state index contributed by atoms with van der Waals surface area (Å²) in [6.45, 7) is 4.97. The first-order valence-corrected chi connectivity index (χ1v) is 7.77. The Hall–Kier alpha value is -1.47. The van der Waals surface area contributed by atoms with Gasteiger partial charge in [-0.05, 0) is 31.9 Å². The molecule has 0 radical (unpaired) electrons. The van der Waals surface area contributed by atoms with Gasteiger partial charge in [0.25, 0.3) is 0 Å². The predicted molar refractivity (Wildman–Crippen MR) is 72.8 cm³/mol. The van der Waals surface area contributed by atoms with E-state index in [2.05, 4.69) is 4.72 Å². The number of halogens is 1. The number of hydrogen-bond donors (Lipinski definition) is 2. The monoisotopic (exact) mass is 303 g/mol. The number of nitrogens with one attached hydrogen (secondary N) is 1. The van der Waals surface area contributed by atoms with Crippen LogP contribution in [0.15, 0.2) is 17.0 Å². The van der Waals surface area contributed by atoms with Gasteiger partial charge >= 0.3 is 5.97 Å². The lowest BCUT2D eigenvalue weighted by atomic mass is 10.1. The van der Waals surface area contributed by atoms with Crippen LogP contribution in [0.25, 0.3) is 0 Å². The van der Waals surface area contributed by atoms with Crippen molar-refractivity contribution in [3.8, 4) is 0 Å². The molecule has 0 spiro atoms. The number of hydrogen-bond acceptors (Lipinski definition) is 3. The number of carboxylic acid groups (broad SMARTS) is 1. The zero-order valence-corrected chi connectivity index (χ0v) is 12.4. The first kappa shape index (κ1) is 16.6. The maximum atomic E-state index is 13.7. The molecule has 20 heavy (non-hydrogen) atoms. The number of carbonyl (C=O) groups is 1. The van der Waals surface area contributed by atoms with E-state index in [1.54, 1.807) is 0 Å². The molecule has 2 N–H and O–H groups in total. The van der Waals surface area contributed by atoms with Gasteiger partial charge in [-0.1, -0.05) is 13.8 Å². The molecule has 0 unspecified atom stereocenters. The molecule has 0 heterocycles. The summed E-state index contributed by atoms with van der Waals surface area (Å²) in [4.78, 5) is 10.6. The zero-order chi connectivity index (χ0) is 15.5. The van der Waals surface area contributed by atoms with E-state index in [0.717, 1.165) is 12.1 Å². The maximum Gasteiger partial charge on any atom is 0.335 e. The largest absolute Gasteiger partial charge is 0.478 e. The van der Waals surface area contributed by atoms with Crippen molar-refractivity contribution in [3.05, 3.63) is 29.1 Å². The van der Waals surface area contributed by atoms with Gasteiger partial charge in [0.15, 0.2) is 0 Å². The highest BCUT2D eigenvalue weighted by atomic mass is 32.2. The van der Waals surface area contributed by atoms with Gasteiger partial charge in [-0.25, -0.2) is 22.3 Å². The molecule has 0 saturated carbocycles. The molecule has 0 bridgehead atoms. The molecule has 112 valence electrons. The Kier molecular flexibility index (Phi) is 5.24. The first-order valence-electron chi connectivity index (χ1n) is 6.28. The Morgan fingerprint density at radius 3 is 2.35 bits per heavy atom. The van der Waals surface area contributed by atoms with Crippen LogP contribution >= 0.6 is 0 Å². The molecule has 1 aromatic rings. The van der Waals surface area contributed by atoms with E-state index in [0.29, 0.717) is 12.8 Å². The van der Waals surface area contributed by atoms with Crippen LogP contribution in [-0.2, 0) is 10.0 Å². The Bertz CT molecular complexity index is 609. The highest BCUT2D eigenvalue weighted by Gasteiger charge is 2.23. The minimum Gasteiger partial charge on any atom is -0.478 e. The van der Waals surface area contributed by atoms with Crippen LogP contribution in [0.4, 0.5) is 4.39 Å². The summed E-state index contributed by atoms with van der Waals surface area (Å²) in [6.07, 6.45) is 1.19. The second-order valence-corrected chi connectivity index (χ2v) is 6.20. The van der Waals surface area contributed by atoms with Crippen LogP contribution in [0.2, 0.25) is 0 Å². The normalized spacial score (nSPS) is 11.8. The third-order valence-electron chi connectivity index (χ3n) is 3.14. The average Bonchev–Trinajstić information content (AvgIpc) is 2.38. The quantitative estimate of drug-likeness (QED) is 0.844. The Balaban J connectivity index is 3.34. The highest BCUT2D eigenvalue weighted by molar-refractivity contribution is 7.89. The van der Waals surface area contributed by atoms with Gasteiger partial charge in [-0.3, -0.25) is 0 Å². The third kappa shape index (κ3) is 3.55. The molecule has 0 atom stereocenters. The molecule has 0 aliphatic rings. The zero-order valence-electron chi connectivity index (χ0n) is 11.6. The fourth-order valence-electron chi connectivity index (χ4n) is 1.79. The molecule has 1 aromatic carbocycles. The fourth-order valence-corrected chi connectivity index (χ4v) is 3.48. The lowest BCUT2D eigenvalue weighted by molar-refractivity contribution is 0.0696. The maximum absolute atomic E-state index is 13.7. The van der Waals surface area contributed by atoms with Crippen molar-refractivity contribution in [2.75, 3.05) is 0 Å². The van der Waals surface area contributed by atoms with E-state index in [-0.39, 0.29) is 16.5 Å². The summed E-state index contributed by atoms with van der Waals surface area (Å²) < 4.78 is 40.6. The smallest absolute Gasteiger partial charge is 0.335 e. The molecule has 7 heteroatoms. The van der Waals surface area contributed by atoms with Crippen molar-refractivity contribution in [1.29, 1.82) is 0 Å². The van der Waals surface area contributed by atoms with Crippen molar-refractivity contribution >= 4 is 16.0 Å². The standard InChI is InChI=1S/C13H18FNO4S/c1-4-10(5-2)15-20(18,19)12-7-9(13(16)17)6-11(14)8(12)3/h6-7,10,15H,4-5H2,1-3H3,(H,16,17). The van der Waals surface area contributed by atoms with E-state index in [4.69, 9.17) is 5.11 Å². The van der Waals surface area contributed by atoms with E-state index in [9.17, 15) is 17.6 Å². The number of aromatic carboxylic acids is 1. The summed E-state index contributed by atoms with van der Waals surface area (Å²) >= 11 is 0. The molecular weight excluding hydrogens is 285 g/mol. The van der Waals surface area contributed by atoms with Gasteiger partial charge in [-0.2, -0.15) is 0 Å². The number of rotatable bonds is 6. The molecular formula is C13H18FNO4S. The SMILES string of the molecule is CCC(CC)NS(=O)(=O)c1cc(C(=O)O)cc(F)c1C. The first-order chi connectivity index (χ1) is 9.22. The topological polar surface area (TPSA) is 83.5 Å². The molecule has 0 aliphatic carbocycles. The highest BCUT2D eigenvalue weighted by Crippen LogP contribution is 2.21. The van der Waals surface area contributed by atoms with E-state index in [1.807, 2.05) is 13.8 Å². The predicted octanol–water partition coefficient (Wildman–Crippen LogP) is 2.30. The molecule has 1 rings (SSSR count). The number of carboxylic acids is 1. The minimum atomic E-state index is -3.95. The van der Waals surface area contributed by atoms with Gasteiger partial charge in [0.05, 0.1) is 10.5 Å². The number of benzene rings is 1. The third-order valence-corrected chi connectivity index (χ3v) is 4.79. The Morgan fingerprint density at radius 1 is 1.35 bits per heavy atom. The molecule has 0 aromatic heterocycles. The minimum absolute atomic E-state index is 0.0894. The molecule has 5 nitrogen and oxygen atoms in total. The van der Waals surface area contributed by atoms with Crippen molar-refractivity contribution in [1.82, 2.24) is 4.72 Å². The summed E-state index contributed by atoms with van der Waals surface area (Å²) in [7, 11) is -3.95. The van der Waals surface area contributed by atoms with Crippen molar-refractivity contribution in [2.45, 2.75) is 44.6 Å². The second-order valence-electron chi connectivity index (χ2n) is 4.52. The molecule has 0 saturated heterocycles. The fraction of sp³-hybridized carbons (Fsp3) is 0.462. The second kappa shape index (κ2) is 6.32. The van der Waals surface area contributed by atoms with Crippen LogP contribution < -0.4 is 4.72 Å². The van der Waals surface area contributed by atoms with Gasteiger partial charge in [-0.15, -0.1) is 0 Å². The summed E-state index contributed by atoms with van der Waals surface area (Å²) in [5.74, 6) is -2.22. The Labute approximate surface area is 117 Å². The van der Waals surface area contributed by atoms with Crippen LogP contribution in [0, 0.1) is 12.7 Å². The van der Waals surface area contributed by atoms with Crippen LogP contribution in [0.5, 0.6) is 0 Å². The summed E-state index contributed by atoms with van der Waals surface area (Å²) in [5, 5.41) is 8.88. The molecule has 0 fully saturated rings. The molecule has 0 amide bonds. The van der Waals surface area contributed by atoms with Gasteiger partial charge < -0.3 is 5.11 Å². The van der Waals surface area contributed by atoms with Crippen molar-refractivity contribution in [3.63, 3.8) is 0 Å². The average molecular weight is 303 g/mol. The van der Waals surface area contributed by atoms with Gasteiger partial charge in [0.1, 0.15) is 5.82 Å². The van der Waals surface area contributed by atoms with Crippen molar-refractivity contribution < 1.29 is 22.7 Å². The summed E-state index contributed by atoms with van der Waals surface area (Å²) in [5.41, 5.74) is -0.480. The van der Waals surface area contributed by atoms with Crippen LogP contribution in [0.3, 0.4) is 0 Å².